The van der Waals surface area contributed by atoms with Crippen LogP contribution in [0.25, 0.3) is 0 Å². The van der Waals surface area contributed by atoms with Gasteiger partial charge in [0, 0.05) is 11.8 Å². The topological polar surface area (TPSA) is 91.3 Å². The minimum Gasteiger partial charge on any atom is -0.504 e. The zero-order valence-electron chi connectivity index (χ0n) is 15.9. The molecule has 0 spiro atoms. The smallest absolute Gasteiger partial charge is 0.262 e. The Morgan fingerprint density at radius 3 is 2.45 bits per heavy atom. The molecule has 7 heteroatoms. The van der Waals surface area contributed by atoms with Crippen LogP contribution in [0.15, 0.2) is 60.7 Å². The normalized spacial score (nSPS) is 15.4. The first-order chi connectivity index (χ1) is 14.0. The maximum Gasteiger partial charge on any atom is 0.262 e. The minimum atomic E-state index is -0.633. The monoisotopic (exact) mass is 392 g/mol. The summed E-state index contributed by atoms with van der Waals surface area (Å²) in [5.74, 6) is 0.344. The number of hydrogen-bond acceptors (Lipinski definition) is 6. The third-order valence-electron chi connectivity index (χ3n) is 4.89. The van der Waals surface area contributed by atoms with Gasteiger partial charge in [-0.15, -0.1) is 0 Å². The quantitative estimate of drug-likeness (QED) is 0.584. The summed E-state index contributed by atoms with van der Waals surface area (Å²) in [6.45, 7) is 0. The third kappa shape index (κ3) is 3.16. The molecule has 0 saturated carbocycles. The highest BCUT2D eigenvalue weighted by Crippen LogP contribution is 2.42. The van der Waals surface area contributed by atoms with E-state index in [1.54, 1.807) is 48.4 Å². The molecule has 3 aromatic rings. The van der Waals surface area contributed by atoms with E-state index in [4.69, 9.17) is 9.47 Å². The van der Waals surface area contributed by atoms with Gasteiger partial charge in [-0.1, -0.05) is 18.2 Å². The van der Waals surface area contributed by atoms with Crippen LogP contribution in [0.1, 0.15) is 22.1 Å². The molecule has 1 aliphatic heterocycles. The molecule has 0 bridgehead atoms. The van der Waals surface area contributed by atoms with Crippen molar-refractivity contribution in [3.8, 4) is 23.0 Å². The number of amides is 1. The molecule has 29 heavy (non-hydrogen) atoms. The van der Waals surface area contributed by atoms with Gasteiger partial charge in [-0.2, -0.15) is 0 Å². The molecule has 3 aromatic carbocycles. The summed E-state index contributed by atoms with van der Waals surface area (Å²) in [6.07, 6.45) is -0.633. The SMILES string of the molecule is COc1ccc(N2C(=O)c3ccccc3NC2c2ccc(O)c(O)c2)c(OC)c1. The van der Waals surface area contributed by atoms with Crippen LogP contribution in [0.4, 0.5) is 11.4 Å². The standard InChI is InChI=1S/C22H20N2O5/c1-28-14-8-9-17(20(12-14)29-2)24-21(13-7-10-18(25)19(26)11-13)23-16-6-4-3-5-15(16)22(24)27/h3-12,21,23,25-26H,1-2H3. The Balaban J connectivity index is 1.90. The largest absolute Gasteiger partial charge is 0.504 e. The Kier molecular flexibility index (Phi) is 4.64. The molecular weight excluding hydrogens is 372 g/mol. The van der Waals surface area contributed by atoms with E-state index < -0.39 is 6.17 Å². The van der Waals surface area contributed by atoms with Crippen molar-refractivity contribution >= 4 is 17.3 Å². The fourth-order valence-electron chi connectivity index (χ4n) is 3.43. The van der Waals surface area contributed by atoms with Crippen molar-refractivity contribution in [2.24, 2.45) is 0 Å². The lowest BCUT2D eigenvalue weighted by atomic mass is 10.0. The minimum absolute atomic E-state index is 0.222. The number of carbonyl (C=O) groups is 1. The molecule has 0 saturated heterocycles. The third-order valence-corrected chi connectivity index (χ3v) is 4.89. The number of phenolic OH excluding ortho intramolecular Hbond substituents is 2. The highest BCUT2D eigenvalue weighted by molar-refractivity contribution is 6.12. The van der Waals surface area contributed by atoms with Crippen LogP contribution in [-0.4, -0.2) is 30.3 Å². The molecule has 4 rings (SSSR count). The second-order valence-corrected chi connectivity index (χ2v) is 6.55. The van der Waals surface area contributed by atoms with Crippen molar-refractivity contribution in [1.29, 1.82) is 0 Å². The van der Waals surface area contributed by atoms with E-state index in [9.17, 15) is 15.0 Å². The first-order valence-electron chi connectivity index (χ1n) is 8.96. The van der Waals surface area contributed by atoms with Crippen molar-refractivity contribution in [2.75, 3.05) is 24.4 Å². The van der Waals surface area contributed by atoms with Crippen LogP contribution in [0.3, 0.4) is 0 Å². The summed E-state index contributed by atoms with van der Waals surface area (Å²) >= 11 is 0. The predicted octanol–water partition coefficient (Wildman–Crippen LogP) is 3.89. The lowest BCUT2D eigenvalue weighted by molar-refractivity contribution is 0.0974. The van der Waals surface area contributed by atoms with Crippen molar-refractivity contribution < 1.29 is 24.5 Å². The fourth-order valence-corrected chi connectivity index (χ4v) is 3.43. The summed E-state index contributed by atoms with van der Waals surface area (Å²) in [4.78, 5) is 15.0. The number of nitrogens with one attached hydrogen (secondary N) is 1. The van der Waals surface area contributed by atoms with Crippen LogP contribution in [0.5, 0.6) is 23.0 Å². The van der Waals surface area contributed by atoms with Crippen LogP contribution < -0.4 is 19.7 Å². The highest BCUT2D eigenvalue weighted by Gasteiger charge is 2.36. The molecule has 0 fully saturated rings. The summed E-state index contributed by atoms with van der Waals surface area (Å²) in [7, 11) is 3.08. The first kappa shape index (κ1) is 18.5. The van der Waals surface area contributed by atoms with Crippen LogP contribution >= 0.6 is 0 Å². The van der Waals surface area contributed by atoms with E-state index in [-0.39, 0.29) is 17.4 Å². The molecule has 148 valence electrons. The van der Waals surface area contributed by atoms with Gasteiger partial charge < -0.3 is 25.0 Å². The first-order valence-corrected chi connectivity index (χ1v) is 8.96. The molecule has 0 aliphatic carbocycles. The van der Waals surface area contributed by atoms with Gasteiger partial charge in [0.25, 0.3) is 5.91 Å². The number of carbonyl (C=O) groups excluding carboxylic acids is 1. The Morgan fingerprint density at radius 1 is 0.931 bits per heavy atom. The van der Waals surface area contributed by atoms with Crippen molar-refractivity contribution in [2.45, 2.75) is 6.17 Å². The number of ether oxygens (including phenoxy) is 2. The van der Waals surface area contributed by atoms with Gasteiger partial charge in [0.2, 0.25) is 0 Å². The van der Waals surface area contributed by atoms with E-state index in [0.29, 0.717) is 34.0 Å². The van der Waals surface area contributed by atoms with Gasteiger partial charge in [-0.25, -0.2) is 0 Å². The Morgan fingerprint density at radius 2 is 1.72 bits per heavy atom. The summed E-state index contributed by atoms with van der Waals surface area (Å²) < 4.78 is 10.8. The van der Waals surface area contributed by atoms with Crippen molar-refractivity contribution in [3.63, 3.8) is 0 Å². The summed E-state index contributed by atoms with van der Waals surface area (Å²) in [6, 6.07) is 16.9. The number of aromatic hydroxyl groups is 2. The number of phenols is 2. The van der Waals surface area contributed by atoms with Gasteiger partial charge in [0.05, 0.1) is 25.5 Å². The number of para-hydroxylation sites is 1. The second kappa shape index (κ2) is 7.27. The molecular formula is C22H20N2O5. The van der Waals surface area contributed by atoms with E-state index >= 15 is 0 Å². The molecule has 1 amide bonds. The van der Waals surface area contributed by atoms with E-state index in [0.717, 1.165) is 0 Å². The lowest BCUT2D eigenvalue weighted by Gasteiger charge is -2.38. The van der Waals surface area contributed by atoms with Crippen molar-refractivity contribution in [3.05, 3.63) is 71.8 Å². The summed E-state index contributed by atoms with van der Waals surface area (Å²) in [5, 5.41) is 23.0. The highest BCUT2D eigenvalue weighted by atomic mass is 16.5. The van der Waals surface area contributed by atoms with Crippen LogP contribution in [0, 0.1) is 0 Å². The van der Waals surface area contributed by atoms with Gasteiger partial charge >= 0.3 is 0 Å². The predicted molar refractivity (Wildman–Crippen MR) is 109 cm³/mol. The molecule has 1 atom stereocenters. The Hall–Kier alpha value is -3.87. The molecule has 7 nitrogen and oxygen atoms in total. The Bertz CT molecular complexity index is 1080. The van der Waals surface area contributed by atoms with Gasteiger partial charge in [0.1, 0.15) is 17.7 Å². The summed E-state index contributed by atoms with van der Waals surface area (Å²) in [5.41, 5.74) is 2.34. The number of fused-ring (bicyclic) bond motifs is 1. The van der Waals surface area contributed by atoms with Gasteiger partial charge in [-0.3, -0.25) is 9.69 Å². The van der Waals surface area contributed by atoms with Gasteiger partial charge in [-0.05, 0) is 42.0 Å². The average Bonchev–Trinajstić information content (AvgIpc) is 2.75. The number of rotatable bonds is 4. The van der Waals surface area contributed by atoms with E-state index in [1.807, 2.05) is 12.1 Å². The number of benzene rings is 3. The van der Waals surface area contributed by atoms with Crippen LogP contribution in [-0.2, 0) is 0 Å². The van der Waals surface area contributed by atoms with Gasteiger partial charge in [0.15, 0.2) is 11.5 Å². The lowest BCUT2D eigenvalue weighted by Crippen LogP contribution is -2.43. The maximum absolute atomic E-state index is 13.5. The number of methoxy groups -OCH3 is 2. The molecule has 0 radical (unpaired) electrons. The van der Waals surface area contributed by atoms with E-state index in [2.05, 4.69) is 5.32 Å². The zero-order valence-corrected chi connectivity index (χ0v) is 15.9. The van der Waals surface area contributed by atoms with Crippen LogP contribution in [0.2, 0.25) is 0 Å². The average molecular weight is 392 g/mol. The molecule has 3 N–H and O–H groups in total. The maximum atomic E-state index is 13.5. The Labute approximate surface area is 167 Å². The number of nitrogens with zero attached hydrogens (tertiary/aromatic N) is 1. The molecule has 1 aliphatic rings. The molecule has 0 aromatic heterocycles. The second-order valence-electron chi connectivity index (χ2n) is 6.55. The molecule has 1 heterocycles. The number of hydrogen-bond donors (Lipinski definition) is 3. The van der Waals surface area contributed by atoms with E-state index in [1.165, 1.54) is 19.2 Å². The van der Waals surface area contributed by atoms with Crippen molar-refractivity contribution in [1.82, 2.24) is 0 Å². The fraction of sp³-hybridized carbons (Fsp3) is 0.136. The number of anilines is 2. The molecule has 1 unspecified atom stereocenters. The zero-order chi connectivity index (χ0) is 20.5.